The summed E-state index contributed by atoms with van der Waals surface area (Å²) < 4.78 is 12.9. The van der Waals surface area contributed by atoms with Gasteiger partial charge < -0.3 is 10.2 Å². The molecule has 0 aliphatic carbocycles. The molecule has 2 heterocycles. The zero-order chi connectivity index (χ0) is 19.3. The minimum absolute atomic E-state index is 0.127. The van der Waals surface area contributed by atoms with Crippen LogP contribution in [-0.2, 0) is 12.8 Å². The van der Waals surface area contributed by atoms with Crippen LogP contribution in [0.4, 0.5) is 15.9 Å². The Hall–Kier alpha value is -3.28. The van der Waals surface area contributed by atoms with E-state index < -0.39 is 0 Å². The summed E-state index contributed by atoms with van der Waals surface area (Å²) in [5, 5.41) is 3.18. The van der Waals surface area contributed by atoms with Gasteiger partial charge in [0.2, 0.25) is 0 Å². The quantitative estimate of drug-likeness (QED) is 0.735. The lowest BCUT2D eigenvalue weighted by Crippen LogP contribution is -2.36. The molecular formula is C22H21FN4O. The molecule has 142 valence electrons. The first kappa shape index (κ1) is 18.1. The maximum atomic E-state index is 12.9. The van der Waals surface area contributed by atoms with Crippen LogP contribution in [-0.4, -0.2) is 29.0 Å². The molecule has 28 heavy (non-hydrogen) atoms. The molecular weight excluding hydrogens is 355 g/mol. The number of rotatable bonds is 5. The Labute approximate surface area is 163 Å². The number of anilines is 2. The number of hydrogen-bond donors (Lipinski definition) is 1. The number of aromatic nitrogens is 2. The Morgan fingerprint density at radius 1 is 1.07 bits per heavy atom. The molecule has 1 aromatic heterocycles. The molecule has 0 saturated carbocycles. The molecule has 0 unspecified atom stereocenters. The molecule has 0 bridgehead atoms. The number of hydrogen-bond acceptors (Lipinski definition) is 4. The second-order valence-electron chi connectivity index (χ2n) is 6.78. The van der Waals surface area contributed by atoms with Gasteiger partial charge in [0.05, 0.1) is 12.4 Å². The predicted octanol–water partition coefficient (Wildman–Crippen LogP) is 3.86. The highest BCUT2D eigenvalue weighted by Crippen LogP contribution is 2.27. The number of fused-ring (bicyclic) bond motifs is 1. The molecule has 2 aromatic carbocycles. The number of carbonyl (C=O) groups excluding carboxylic acids is 1. The molecule has 1 amide bonds. The molecule has 1 aliphatic rings. The Balaban J connectivity index is 1.38. The third kappa shape index (κ3) is 4.01. The summed E-state index contributed by atoms with van der Waals surface area (Å²) in [6, 6.07) is 14.4. The SMILES string of the molecule is O=C(c1cnc(NCCc2ccc(F)cc2)cn1)N1CCCc2ccccc21. The number of nitrogens with zero attached hydrogens (tertiary/aromatic N) is 3. The van der Waals surface area contributed by atoms with Crippen LogP contribution in [0.1, 0.15) is 28.0 Å². The van der Waals surface area contributed by atoms with Crippen LogP contribution in [0.15, 0.2) is 60.9 Å². The number of carbonyl (C=O) groups is 1. The van der Waals surface area contributed by atoms with E-state index in [2.05, 4.69) is 21.4 Å². The third-order valence-corrected chi connectivity index (χ3v) is 4.86. The fourth-order valence-corrected chi connectivity index (χ4v) is 3.40. The second-order valence-corrected chi connectivity index (χ2v) is 6.78. The second kappa shape index (κ2) is 8.17. The van der Waals surface area contributed by atoms with Gasteiger partial charge in [0, 0.05) is 18.8 Å². The highest BCUT2D eigenvalue weighted by Gasteiger charge is 2.24. The van der Waals surface area contributed by atoms with E-state index in [4.69, 9.17) is 0 Å². The molecule has 6 heteroatoms. The van der Waals surface area contributed by atoms with E-state index in [1.165, 1.54) is 23.9 Å². The van der Waals surface area contributed by atoms with Crippen LogP contribution in [0.3, 0.4) is 0 Å². The summed E-state index contributed by atoms with van der Waals surface area (Å²) in [5.74, 6) is 0.245. The van der Waals surface area contributed by atoms with Crippen molar-refractivity contribution in [1.82, 2.24) is 9.97 Å². The Morgan fingerprint density at radius 2 is 1.89 bits per heavy atom. The van der Waals surface area contributed by atoms with Gasteiger partial charge >= 0.3 is 0 Å². The molecule has 0 radical (unpaired) electrons. The maximum absolute atomic E-state index is 12.9. The smallest absolute Gasteiger partial charge is 0.278 e. The van der Waals surface area contributed by atoms with E-state index in [1.54, 1.807) is 23.2 Å². The lowest BCUT2D eigenvalue weighted by molar-refractivity contribution is 0.0980. The van der Waals surface area contributed by atoms with E-state index in [0.29, 0.717) is 24.6 Å². The van der Waals surface area contributed by atoms with Gasteiger partial charge in [-0.15, -0.1) is 0 Å². The van der Waals surface area contributed by atoms with E-state index in [9.17, 15) is 9.18 Å². The molecule has 4 rings (SSSR count). The normalized spacial score (nSPS) is 13.1. The predicted molar refractivity (Wildman–Crippen MR) is 107 cm³/mol. The van der Waals surface area contributed by atoms with Gasteiger partial charge in [0.1, 0.15) is 17.3 Å². The Morgan fingerprint density at radius 3 is 2.68 bits per heavy atom. The molecule has 3 aromatic rings. The van der Waals surface area contributed by atoms with Crippen LogP contribution >= 0.6 is 0 Å². The van der Waals surface area contributed by atoms with Gasteiger partial charge in [0.15, 0.2) is 0 Å². The Kier molecular flexibility index (Phi) is 5.28. The highest BCUT2D eigenvalue weighted by atomic mass is 19.1. The summed E-state index contributed by atoms with van der Waals surface area (Å²) in [4.78, 5) is 23.3. The first-order valence-electron chi connectivity index (χ1n) is 9.41. The van der Waals surface area contributed by atoms with Crippen molar-refractivity contribution in [1.29, 1.82) is 0 Å². The van der Waals surface area contributed by atoms with Gasteiger partial charge in [-0.05, 0) is 48.6 Å². The van der Waals surface area contributed by atoms with Crippen molar-refractivity contribution in [3.8, 4) is 0 Å². The van der Waals surface area contributed by atoms with Crippen LogP contribution in [0, 0.1) is 5.82 Å². The van der Waals surface area contributed by atoms with Gasteiger partial charge in [-0.3, -0.25) is 4.79 Å². The summed E-state index contributed by atoms with van der Waals surface area (Å²) >= 11 is 0. The molecule has 5 nitrogen and oxygen atoms in total. The van der Waals surface area contributed by atoms with Crippen LogP contribution in [0.5, 0.6) is 0 Å². The molecule has 0 atom stereocenters. The number of amides is 1. The van der Waals surface area contributed by atoms with Crippen molar-refractivity contribution in [2.45, 2.75) is 19.3 Å². The number of halogens is 1. The molecule has 0 fully saturated rings. The number of para-hydroxylation sites is 1. The van der Waals surface area contributed by atoms with E-state index in [1.807, 2.05) is 18.2 Å². The zero-order valence-electron chi connectivity index (χ0n) is 15.4. The monoisotopic (exact) mass is 376 g/mol. The van der Waals surface area contributed by atoms with Crippen molar-refractivity contribution < 1.29 is 9.18 Å². The number of nitrogens with one attached hydrogen (secondary N) is 1. The van der Waals surface area contributed by atoms with Gasteiger partial charge in [-0.25, -0.2) is 14.4 Å². The Bertz CT molecular complexity index is 957. The average molecular weight is 376 g/mol. The standard InChI is InChI=1S/C22H21FN4O/c23-18-9-7-16(8-10-18)11-12-24-21-15-25-19(14-26-21)22(28)27-13-3-5-17-4-1-2-6-20(17)27/h1-2,4,6-10,14-15H,3,5,11-13H2,(H,24,26). The fourth-order valence-electron chi connectivity index (χ4n) is 3.40. The molecule has 0 spiro atoms. The van der Waals surface area contributed by atoms with Gasteiger partial charge in [-0.1, -0.05) is 30.3 Å². The highest BCUT2D eigenvalue weighted by molar-refractivity contribution is 6.05. The minimum atomic E-state index is -0.237. The fraction of sp³-hybridized carbons (Fsp3) is 0.227. The topological polar surface area (TPSA) is 58.1 Å². The van der Waals surface area contributed by atoms with Gasteiger partial charge in [0.25, 0.3) is 5.91 Å². The molecule has 1 aliphatic heterocycles. The summed E-state index contributed by atoms with van der Waals surface area (Å²) in [7, 11) is 0. The van der Waals surface area contributed by atoms with E-state index >= 15 is 0 Å². The third-order valence-electron chi connectivity index (χ3n) is 4.86. The lowest BCUT2D eigenvalue weighted by atomic mass is 10.0. The number of aryl methyl sites for hydroxylation is 1. The first-order chi connectivity index (χ1) is 13.7. The maximum Gasteiger partial charge on any atom is 0.278 e. The van der Waals surface area contributed by atoms with Crippen molar-refractivity contribution in [2.75, 3.05) is 23.3 Å². The van der Waals surface area contributed by atoms with E-state index in [-0.39, 0.29) is 11.7 Å². The molecule has 0 saturated heterocycles. The van der Waals surface area contributed by atoms with E-state index in [0.717, 1.165) is 30.5 Å². The largest absolute Gasteiger partial charge is 0.368 e. The zero-order valence-corrected chi connectivity index (χ0v) is 15.4. The van der Waals surface area contributed by atoms with Crippen molar-refractivity contribution in [3.63, 3.8) is 0 Å². The van der Waals surface area contributed by atoms with Crippen LogP contribution in [0.2, 0.25) is 0 Å². The van der Waals surface area contributed by atoms with Crippen molar-refractivity contribution in [2.24, 2.45) is 0 Å². The summed E-state index contributed by atoms with van der Waals surface area (Å²) in [6.45, 7) is 1.34. The molecule has 1 N–H and O–H groups in total. The number of benzene rings is 2. The first-order valence-corrected chi connectivity index (χ1v) is 9.41. The summed E-state index contributed by atoms with van der Waals surface area (Å²) in [5.41, 5.74) is 3.52. The van der Waals surface area contributed by atoms with Crippen molar-refractivity contribution in [3.05, 3.63) is 83.6 Å². The van der Waals surface area contributed by atoms with Crippen LogP contribution in [0.25, 0.3) is 0 Å². The minimum Gasteiger partial charge on any atom is -0.368 e. The summed E-state index contributed by atoms with van der Waals surface area (Å²) in [6.07, 6.45) is 5.77. The van der Waals surface area contributed by atoms with Crippen LogP contribution < -0.4 is 10.2 Å². The van der Waals surface area contributed by atoms with Crippen molar-refractivity contribution >= 4 is 17.4 Å². The lowest BCUT2D eigenvalue weighted by Gasteiger charge is -2.29. The van der Waals surface area contributed by atoms with Gasteiger partial charge in [-0.2, -0.15) is 0 Å². The average Bonchev–Trinajstić information content (AvgIpc) is 2.75.